The van der Waals surface area contributed by atoms with Crippen molar-refractivity contribution < 1.29 is 4.74 Å². The molecule has 7 heteroatoms. The number of nitrogens with zero attached hydrogens (tertiary/aromatic N) is 4. The van der Waals surface area contributed by atoms with Gasteiger partial charge in [0.15, 0.2) is 0 Å². The molecular formula is C12H22N6O. The molecule has 7 nitrogen and oxygen atoms in total. The van der Waals surface area contributed by atoms with E-state index in [2.05, 4.69) is 39.0 Å². The molecule has 1 aromatic rings. The van der Waals surface area contributed by atoms with E-state index in [0.29, 0.717) is 31.2 Å². The predicted molar refractivity (Wildman–Crippen MR) is 75.3 cm³/mol. The second-order valence-electron chi connectivity index (χ2n) is 4.57. The smallest absolute Gasteiger partial charge is 0.232 e. The van der Waals surface area contributed by atoms with E-state index >= 15 is 0 Å². The lowest BCUT2D eigenvalue weighted by Gasteiger charge is -2.27. The van der Waals surface area contributed by atoms with Crippen LogP contribution in [0.5, 0.6) is 0 Å². The average Bonchev–Trinajstić information content (AvgIpc) is 2.45. The van der Waals surface area contributed by atoms with Crippen LogP contribution in [0.15, 0.2) is 0 Å². The van der Waals surface area contributed by atoms with Crippen molar-refractivity contribution in [3.8, 4) is 0 Å². The van der Waals surface area contributed by atoms with Crippen molar-refractivity contribution in [1.82, 2.24) is 15.0 Å². The Hall–Kier alpha value is -1.63. The van der Waals surface area contributed by atoms with Gasteiger partial charge in [0.05, 0.1) is 13.2 Å². The molecule has 0 radical (unpaired) electrons. The number of nitrogen functional groups attached to an aromatic ring is 1. The van der Waals surface area contributed by atoms with Crippen molar-refractivity contribution >= 4 is 17.8 Å². The molecule has 0 aliphatic carbocycles. The molecule has 0 bridgehead atoms. The summed E-state index contributed by atoms with van der Waals surface area (Å²) in [6.45, 7) is 7.23. The SMILES string of the molecule is CCC(CC)Nc1nc(N)nc(N2CCOCC2)n1. The molecule has 0 unspecified atom stereocenters. The van der Waals surface area contributed by atoms with Crippen molar-refractivity contribution in [2.75, 3.05) is 42.3 Å². The summed E-state index contributed by atoms with van der Waals surface area (Å²) in [5.74, 6) is 1.44. The van der Waals surface area contributed by atoms with Gasteiger partial charge in [-0.1, -0.05) is 13.8 Å². The standard InChI is InChI=1S/C12H22N6O/c1-3-9(4-2)14-11-15-10(13)16-12(17-11)18-5-7-19-8-6-18/h9H,3-8H2,1-2H3,(H3,13,14,15,16,17). The number of hydrogen-bond acceptors (Lipinski definition) is 7. The monoisotopic (exact) mass is 266 g/mol. The lowest BCUT2D eigenvalue weighted by atomic mass is 10.2. The molecule has 1 aliphatic rings. The summed E-state index contributed by atoms with van der Waals surface area (Å²) < 4.78 is 5.32. The highest BCUT2D eigenvalue weighted by atomic mass is 16.5. The van der Waals surface area contributed by atoms with Crippen molar-refractivity contribution in [3.63, 3.8) is 0 Å². The van der Waals surface area contributed by atoms with Gasteiger partial charge < -0.3 is 20.7 Å². The lowest BCUT2D eigenvalue weighted by molar-refractivity contribution is 0.122. The van der Waals surface area contributed by atoms with Gasteiger partial charge in [0.1, 0.15) is 0 Å². The number of nitrogens with one attached hydrogen (secondary N) is 1. The number of rotatable bonds is 5. The molecule has 106 valence electrons. The van der Waals surface area contributed by atoms with E-state index in [9.17, 15) is 0 Å². The maximum atomic E-state index is 5.76. The minimum atomic E-state index is 0.255. The van der Waals surface area contributed by atoms with Gasteiger partial charge in [0.25, 0.3) is 0 Å². The molecule has 19 heavy (non-hydrogen) atoms. The van der Waals surface area contributed by atoms with Crippen LogP contribution in [0, 0.1) is 0 Å². The molecule has 2 heterocycles. The van der Waals surface area contributed by atoms with Gasteiger partial charge in [-0.3, -0.25) is 0 Å². The summed E-state index contributed by atoms with van der Waals surface area (Å²) in [6, 6.07) is 0.360. The first-order valence-electron chi connectivity index (χ1n) is 6.83. The Kier molecular flexibility index (Phi) is 4.73. The van der Waals surface area contributed by atoms with Crippen molar-refractivity contribution in [1.29, 1.82) is 0 Å². The molecule has 0 spiro atoms. The van der Waals surface area contributed by atoms with Gasteiger partial charge in [0, 0.05) is 19.1 Å². The highest BCUT2D eigenvalue weighted by Gasteiger charge is 2.16. The molecule has 1 saturated heterocycles. The van der Waals surface area contributed by atoms with Crippen LogP contribution in [0.1, 0.15) is 26.7 Å². The Morgan fingerprint density at radius 3 is 2.53 bits per heavy atom. The summed E-state index contributed by atoms with van der Waals surface area (Å²) in [5, 5.41) is 3.30. The van der Waals surface area contributed by atoms with E-state index in [1.54, 1.807) is 0 Å². The number of aromatic nitrogens is 3. The van der Waals surface area contributed by atoms with Crippen molar-refractivity contribution in [2.45, 2.75) is 32.7 Å². The van der Waals surface area contributed by atoms with Crippen LogP contribution in [0.25, 0.3) is 0 Å². The third kappa shape index (κ3) is 3.66. The van der Waals surface area contributed by atoms with Gasteiger partial charge in [-0.2, -0.15) is 15.0 Å². The fourth-order valence-corrected chi connectivity index (χ4v) is 2.03. The molecule has 0 amide bonds. The summed E-state index contributed by atoms with van der Waals surface area (Å²) in [5.41, 5.74) is 5.76. The Labute approximate surface area is 113 Å². The Morgan fingerprint density at radius 1 is 1.21 bits per heavy atom. The molecule has 1 aromatic heterocycles. The van der Waals surface area contributed by atoms with Crippen LogP contribution in [-0.2, 0) is 4.74 Å². The van der Waals surface area contributed by atoms with Crippen molar-refractivity contribution in [3.05, 3.63) is 0 Å². The topological polar surface area (TPSA) is 89.2 Å². The van der Waals surface area contributed by atoms with E-state index in [1.165, 1.54) is 0 Å². The van der Waals surface area contributed by atoms with Crippen LogP contribution in [0.4, 0.5) is 17.8 Å². The van der Waals surface area contributed by atoms with Crippen LogP contribution in [0.3, 0.4) is 0 Å². The fourth-order valence-electron chi connectivity index (χ4n) is 2.03. The maximum Gasteiger partial charge on any atom is 0.232 e. The number of nitrogens with two attached hydrogens (primary N) is 1. The molecule has 1 aliphatic heterocycles. The summed E-state index contributed by atoms with van der Waals surface area (Å²) >= 11 is 0. The zero-order valence-corrected chi connectivity index (χ0v) is 11.6. The summed E-state index contributed by atoms with van der Waals surface area (Å²) in [7, 11) is 0. The minimum Gasteiger partial charge on any atom is -0.378 e. The molecule has 0 atom stereocenters. The van der Waals surface area contributed by atoms with Gasteiger partial charge >= 0.3 is 0 Å². The Bertz CT molecular complexity index is 403. The van der Waals surface area contributed by atoms with Crippen LogP contribution < -0.4 is 16.0 Å². The number of ether oxygens (including phenoxy) is 1. The zero-order valence-electron chi connectivity index (χ0n) is 11.6. The first-order valence-corrected chi connectivity index (χ1v) is 6.83. The van der Waals surface area contributed by atoms with Crippen LogP contribution in [-0.4, -0.2) is 47.3 Å². The molecule has 1 fully saturated rings. The van der Waals surface area contributed by atoms with Crippen LogP contribution in [0.2, 0.25) is 0 Å². The Morgan fingerprint density at radius 2 is 1.89 bits per heavy atom. The van der Waals surface area contributed by atoms with Gasteiger partial charge in [0.2, 0.25) is 17.8 Å². The molecule has 3 N–H and O–H groups in total. The maximum absolute atomic E-state index is 5.76. The number of morpholine rings is 1. The zero-order chi connectivity index (χ0) is 13.7. The first kappa shape index (κ1) is 13.8. The first-order chi connectivity index (χ1) is 9.22. The third-order valence-corrected chi connectivity index (χ3v) is 3.25. The van der Waals surface area contributed by atoms with Gasteiger partial charge in [-0.25, -0.2) is 0 Å². The largest absolute Gasteiger partial charge is 0.378 e. The van der Waals surface area contributed by atoms with E-state index in [4.69, 9.17) is 10.5 Å². The second-order valence-corrected chi connectivity index (χ2v) is 4.57. The highest BCUT2D eigenvalue weighted by molar-refractivity contribution is 5.42. The third-order valence-electron chi connectivity index (χ3n) is 3.25. The average molecular weight is 266 g/mol. The quantitative estimate of drug-likeness (QED) is 0.818. The second kappa shape index (κ2) is 6.51. The lowest BCUT2D eigenvalue weighted by Crippen LogP contribution is -2.37. The number of hydrogen-bond donors (Lipinski definition) is 2. The highest BCUT2D eigenvalue weighted by Crippen LogP contribution is 2.15. The van der Waals surface area contributed by atoms with Gasteiger partial charge in [-0.05, 0) is 12.8 Å². The molecule has 0 saturated carbocycles. The van der Waals surface area contributed by atoms with E-state index < -0.39 is 0 Å². The normalized spacial score (nSPS) is 15.8. The summed E-state index contributed by atoms with van der Waals surface area (Å²) in [4.78, 5) is 14.9. The molecule has 0 aromatic carbocycles. The van der Waals surface area contributed by atoms with Crippen molar-refractivity contribution in [2.24, 2.45) is 0 Å². The van der Waals surface area contributed by atoms with E-state index in [1.807, 2.05) is 0 Å². The molecular weight excluding hydrogens is 244 g/mol. The summed E-state index contributed by atoms with van der Waals surface area (Å²) in [6.07, 6.45) is 2.05. The fraction of sp³-hybridized carbons (Fsp3) is 0.750. The predicted octanol–water partition coefficient (Wildman–Crippen LogP) is 0.891. The Balaban J connectivity index is 2.13. The molecule has 2 rings (SSSR count). The van der Waals surface area contributed by atoms with E-state index in [-0.39, 0.29) is 5.95 Å². The van der Waals surface area contributed by atoms with Crippen LogP contribution >= 0.6 is 0 Å². The number of anilines is 3. The van der Waals surface area contributed by atoms with Gasteiger partial charge in [-0.15, -0.1) is 0 Å². The van der Waals surface area contributed by atoms with E-state index in [0.717, 1.165) is 25.9 Å². The minimum absolute atomic E-state index is 0.255.